The lowest BCUT2D eigenvalue weighted by Crippen LogP contribution is -2.52. The number of carbonyl (C=O) groups is 2. The molecule has 0 aromatic heterocycles. The van der Waals surface area contributed by atoms with Crippen LogP contribution in [-0.4, -0.2) is 55.4 Å². The molecule has 1 atom stereocenters. The first-order valence-corrected chi connectivity index (χ1v) is 13.2. The van der Waals surface area contributed by atoms with Crippen LogP contribution in [0.15, 0.2) is 48.5 Å². The third-order valence-corrected chi connectivity index (χ3v) is 6.60. The minimum Gasteiger partial charge on any atom is -0.354 e. The van der Waals surface area contributed by atoms with E-state index in [4.69, 9.17) is 11.6 Å². The molecule has 0 saturated heterocycles. The Morgan fingerprint density at radius 1 is 1.14 bits per heavy atom. The molecule has 1 N–H and O–H groups in total. The van der Waals surface area contributed by atoms with Crippen LogP contribution < -0.4 is 9.62 Å². The number of anilines is 1. The van der Waals surface area contributed by atoms with Gasteiger partial charge in [0.15, 0.2) is 0 Å². The summed E-state index contributed by atoms with van der Waals surface area (Å²) >= 11 is 5.96. The number of nitrogens with one attached hydrogen (secondary N) is 1. The van der Waals surface area contributed by atoms with Crippen LogP contribution in [0.1, 0.15) is 32.3 Å². The minimum atomic E-state index is -3.99. The molecule has 0 bridgehead atoms. The van der Waals surface area contributed by atoms with Gasteiger partial charge >= 0.3 is 0 Å². The van der Waals surface area contributed by atoms with Crippen LogP contribution in [0.5, 0.6) is 0 Å². The molecule has 10 nitrogen and oxygen atoms in total. The summed E-state index contributed by atoms with van der Waals surface area (Å²) in [4.78, 5) is 38.2. The molecule has 0 saturated carbocycles. The van der Waals surface area contributed by atoms with Crippen molar-refractivity contribution in [1.82, 2.24) is 10.2 Å². The Bertz CT molecular complexity index is 1160. The van der Waals surface area contributed by atoms with E-state index in [0.29, 0.717) is 30.0 Å². The molecule has 0 aliphatic carbocycles. The van der Waals surface area contributed by atoms with Crippen molar-refractivity contribution in [3.63, 3.8) is 0 Å². The zero-order chi connectivity index (χ0) is 26.2. The maximum Gasteiger partial charge on any atom is 0.271 e. The molecule has 0 fully saturated rings. The number of amides is 2. The molecule has 2 aromatic carbocycles. The van der Waals surface area contributed by atoms with Gasteiger partial charge < -0.3 is 10.2 Å². The molecule has 1 unspecified atom stereocenters. The Hall–Kier alpha value is -3.18. The van der Waals surface area contributed by atoms with E-state index in [2.05, 4.69) is 5.32 Å². The first kappa shape index (κ1) is 28.1. The predicted octanol–water partition coefficient (Wildman–Crippen LogP) is 3.35. The second-order valence-electron chi connectivity index (χ2n) is 7.91. The van der Waals surface area contributed by atoms with Crippen molar-refractivity contribution >= 4 is 44.8 Å². The maximum atomic E-state index is 13.5. The lowest BCUT2D eigenvalue weighted by Gasteiger charge is -2.32. The SMILES string of the molecule is CCCNC(=O)C(CC)N(Cc1ccc(Cl)cc1)C(=O)CN(c1cccc([N+](=O)[O-])c1)S(C)(=O)=O. The number of rotatable bonds is 12. The second-order valence-corrected chi connectivity index (χ2v) is 10.3. The number of nitrogens with zero attached hydrogens (tertiary/aromatic N) is 3. The molecule has 0 radical (unpaired) electrons. The van der Waals surface area contributed by atoms with E-state index >= 15 is 0 Å². The van der Waals surface area contributed by atoms with Crippen molar-refractivity contribution in [1.29, 1.82) is 0 Å². The Balaban J connectivity index is 2.45. The summed E-state index contributed by atoms with van der Waals surface area (Å²) < 4.78 is 25.9. The van der Waals surface area contributed by atoms with Crippen molar-refractivity contribution in [3.05, 3.63) is 69.2 Å². The monoisotopic (exact) mass is 524 g/mol. The average molecular weight is 525 g/mol. The van der Waals surface area contributed by atoms with Crippen LogP contribution in [-0.2, 0) is 26.2 Å². The quantitative estimate of drug-likeness (QED) is 0.335. The van der Waals surface area contributed by atoms with Gasteiger partial charge in [0.25, 0.3) is 5.69 Å². The third kappa shape index (κ3) is 7.93. The molecule has 2 aromatic rings. The van der Waals surface area contributed by atoms with Gasteiger partial charge in [0.1, 0.15) is 12.6 Å². The van der Waals surface area contributed by atoms with Gasteiger partial charge in [-0.05, 0) is 36.6 Å². The second kappa shape index (κ2) is 12.5. The van der Waals surface area contributed by atoms with E-state index in [-0.39, 0.29) is 23.8 Å². The van der Waals surface area contributed by atoms with Gasteiger partial charge in [0, 0.05) is 30.2 Å². The number of halogens is 1. The van der Waals surface area contributed by atoms with Crippen molar-refractivity contribution in [2.24, 2.45) is 0 Å². The van der Waals surface area contributed by atoms with E-state index in [1.807, 2.05) is 6.92 Å². The number of hydrogen-bond donors (Lipinski definition) is 1. The van der Waals surface area contributed by atoms with E-state index < -0.39 is 33.4 Å². The smallest absolute Gasteiger partial charge is 0.271 e. The number of nitro groups is 1. The summed E-state index contributed by atoms with van der Waals surface area (Å²) in [5, 5.41) is 14.5. The highest BCUT2D eigenvalue weighted by Gasteiger charge is 2.32. The van der Waals surface area contributed by atoms with Gasteiger partial charge in [-0.15, -0.1) is 0 Å². The lowest BCUT2D eigenvalue weighted by atomic mass is 10.1. The summed E-state index contributed by atoms with van der Waals surface area (Å²) in [7, 11) is -3.99. The lowest BCUT2D eigenvalue weighted by molar-refractivity contribution is -0.384. The third-order valence-electron chi connectivity index (χ3n) is 5.21. The standard InChI is InChI=1S/C23H29ClN4O6S/c1-4-13-25-23(30)21(5-2)26(15-17-9-11-18(24)12-10-17)22(29)16-27(35(3,33)34)19-7-6-8-20(14-19)28(31)32/h6-12,14,21H,4-5,13,15-16H2,1-3H3,(H,25,30). The highest BCUT2D eigenvalue weighted by molar-refractivity contribution is 7.92. The zero-order valence-corrected chi connectivity index (χ0v) is 21.4. The van der Waals surface area contributed by atoms with Crippen LogP contribution in [0, 0.1) is 10.1 Å². The Kier molecular flexibility index (Phi) is 10.0. The predicted molar refractivity (Wildman–Crippen MR) is 135 cm³/mol. The van der Waals surface area contributed by atoms with Crippen LogP contribution in [0.2, 0.25) is 5.02 Å². The van der Waals surface area contributed by atoms with Crippen molar-refractivity contribution in [3.8, 4) is 0 Å². The van der Waals surface area contributed by atoms with E-state index in [9.17, 15) is 28.1 Å². The fourth-order valence-electron chi connectivity index (χ4n) is 3.45. The molecular weight excluding hydrogens is 496 g/mol. The van der Waals surface area contributed by atoms with Crippen LogP contribution >= 0.6 is 11.6 Å². The number of nitro benzene ring substituents is 1. The fraction of sp³-hybridized carbons (Fsp3) is 0.391. The number of benzene rings is 2. The molecule has 0 aliphatic heterocycles. The molecular formula is C23H29ClN4O6S. The van der Waals surface area contributed by atoms with Gasteiger partial charge in [-0.25, -0.2) is 8.42 Å². The van der Waals surface area contributed by atoms with Crippen LogP contribution in [0.3, 0.4) is 0 Å². The first-order valence-electron chi connectivity index (χ1n) is 11.0. The molecule has 0 aliphatic rings. The summed E-state index contributed by atoms with van der Waals surface area (Å²) in [6, 6.07) is 10.9. The van der Waals surface area contributed by atoms with Crippen LogP contribution in [0.25, 0.3) is 0 Å². The Morgan fingerprint density at radius 3 is 2.34 bits per heavy atom. The summed E-state index contributed by atoms with van der Waals surface area (Å²) in [5.41, 5.74) is 0.364. The molecule has 35 heavy (non-hydrogen) atoms. The summed E-state index contributed by atoms with van der Waals surface area (Å²) in [6.45, 7) is 3.50. The van der Waals surface area contributed by atoms with E-state index in [1.54, 1.807) is 31.2 Å². The number of sulfonamides is 1. The molecule has 2 rings (SSSR count). The zero-order valence-electron chi connectivity index (χ0n) is 19.8. The molecule has 2 amide bonds. The molecule has 12 heteroatoms. The maximum absolute atomic E-state index is 13.5. The van der Waals surface area contributed by atoms with Gasteiger partial charge in [-0.1, -0.05) is 43.6 Å². The number of hydrogen-bond acceptors (Lipinski definition) is 6. The van der Waals surface area contributed by atoms with Crippen molar-refractivity contribution in [2.45, 2.75) is 39.3 Å². The normalized spacial score (nSPS) is 12.0. The average Bonchev–Trinajstić information content (AvgIpc) is 2.81. The molecule has 0 heterocycles. The Labute approximate surface area is 210 Å². The Morgan fingerprint density at radius 2 is 1.80 bits per heavy atom. The fourth-order valence-corrected chi connectivity index (χ4v) is 4.41. The molecule has 190 valence electrons. The van der Waals surface area contributed by atoms with E-state index in [0.717, 1.165) is 16.6 Å². The topological polar surface area (TPSA) is 130 Å². The largest absolute Gasteiger partial charge is 0.354 e. The number of non-ortho nitro benzene ring substituents is 1. The van der Waals surface area contributed by atoms with Crippen molar-refractivity contribution < 1.29 is 22.9 Å². The summed E-state index contributed by atoms with van der Waals surface area (Å²) in [6.07, 6.45) is 1.92. The highest BCUT2D eigenvalue weighted by Crippen LogP contribution is 2.24. The van der Waals surface area contributed by atoms with Gasteiger partial charge in [0.2, 0.25) is 21.8 Å². The number of carbonyl (C=O) groups excluding carboxylic acids is 2. The minimum absolute atomic E-state index is 0.0232. The highest BCUT2D eigenvalue weighted by atomic mass is 35.5. The van der Waals surface area contributed by atoms with Crippen molar-refractivity contribution in [2.75, 3.05) is 23.7 Å². The van der Waals surface area contributed by atoms with Gasteiger partial charge in [-0.3, -0.25) is 24.0 Å². The van der Waals surface area contributed by atoms with Gasteiger partial charge in [0.05, 0.1) is 16.9 Å². The van der Waals surface area contributed by atoms with Crippen LogP contribution in [0.4, 0.5) is 11.4 Å². The van der Waals surface area contributed by atoms with E-state index in [1.165, 1.54) is 23.1 Å². The van der Waals surface area contributed by atoms with Gasteiger partial charge in [-0.2, -0.15) is 0 Å². The summed E-state index contributed by atoms with van der Waals surface area (Å²) in [5.74, 6) is -0.978. The first-order chi connectivity index (χ1) is 16.5. The molecule has 0 spiro atoms.